The number of halogens is 2. The van der Waals surface area contributed by atoms with Crippen LogP contribution in [0.25, 0.3) is 0 Å². The van der Waals surface area contributed by atoms with Gasteiger partial charge in [0.1, 0.15) is 5.75 Å². The van der Waals surface area contributed by atoms with Gasteiger partial charge in [-0.1, -0.05) is 12.1 Å². The fraction of sp³-hybridized carbons (Fsp3) is 0.538. The minimum Gasteiger partial charge on any atom is -0.494 e. The SMILES string of the molecule is CCOc1ccc(C[C@H](N)CNCCN)cc1.Cl.Cl. The normalized spacial score (nSPS) is 11.1. The molecule has 6 heteroatoms. The van der Waals surface area contributed by atoms with Gasteiger partial charge >= 0.3 is 0 Å². The van der Waals surface area contributed by atoms with E-state index in [4.69, 9.17) is 16.2 Å². The predicted octanol–water partition coefficient (Wildman–Crippen LogP) is 1.35. The highest BCUT2D eigenvalue weighted by atomic mass is 35.5. The molecule has 1 rings (SSSR count). The molecule has 0 aliphatic rings. The lowest BCUT2D eigenvalue weighted by molar-refractivity contribution is 0.340. The minimum absolute atomic E-state index is 0. The highest BCUT2D eigenvalue weighted by Gasteiger charge is 2.03. The van der Waals surface area contributed by atoms with Crippen molar-refractivity contribution in [3.05, 3.63) is 29.8 Å². The molecular formula is C13H25Cl2N3O. The van der Waals surface area contributed by atoms with Crippen LogP contribution in [0.4, 0.5) is 0 Å². The van der Waals surface area contributed by atoms with Gasteiger partial charge in [0.2, 0.25) is 0 Å². The van der Waals surface area contributed by atoms with Gasteiger partial charge in [0.15, 0.2) is 0 Å². The Balaban J connectivity index is 0. The molecule has 0 spiro atoms. The minimum atomic E-state index is 0. The smallest absolute Gasteiger partial charge is 0.119 e. The van der Waals surface area contributed by atoms with Crippen molar-refractivity contribution in [3.63, 3.8) is 0 Å². The molecule has 0 aliphatic heterocycles. The number of ether oxygens (including phenoxy) is 1. The molecule has 0 fully saturated rings. The Morgan fingerprint density at radius 2 is 1.84 bits per heavy atom. The second-order valence-corrected chi connectivity index (χ2v) is 4.03. The summed E-state index contributed by atoms with van der Waals surface area (Å²) in [6.07, 6.45) is 0.865. The average Bonchev–Trinajstić information content (AvgIpc) is 2.32. The van der Waals surface area contributed by atoms with Gasteiger partial charge in [-0.3, -0.25) is 0 Å². The quantitative estimate of drug-likeness (QED) is 0.634. The van der Waals surface area contributed by atoms with Crippen LogP contribution in [-0.4, -0.2) is 32.3 Å². The molecule has 0 aromatic heterocycles. The summed E-state index contributed by atoms with van der Waals surface area (Å²) in [4.78, 5) is 0. The zero-order chi connectivity index (χ0) is 12.5. The van der Waals surface area contributed by atoms with E-state index < -0.39 is 0 Å². The number of nitrogens with one attached hydrogen (secondary N) is 1. The second-order valence-electron chi connectivity index (χ2n) is 4.03. The van der Waals surface area contributed by atoms with E-state index >= 15 is 0 Å². The van der Waals surface area contributed by atoms with Crippen molar-refractivity contribution in [1.82, 2.24) is 5.32 Å². The largest absolute Gasteiger partial charge is 0.494 e. The number of rotatable bonds is 8. The van der Waals surface area contributed by atoms with Crippen molar-refractivity contribution < 1.29 is 4.74 Å². The van der Waals surface area contributed by atoms with Crippen molar-refractivity contribution in [1.29, 1.82) is 0 Å². The summed E-state index contributed by atoms with van der Waals surface area (Å²) < 4.78 is 5.39. The van der Waals surface area contributed by atoms with E-state index in [1.165, 1.54) is 5.56 Å². The van der Waals surface area contributed by atoms with Gasteiger partial charge in [-0.05, 0) is 31.0 Å². The summed E-state index contributed by atoms with van der Waals surface area (Å²) in [5.74, 6) is 0.908. The van der Waals surface area contributed by atoms with Crippen LogP contribution in [-0.2, 0) is 6.42 Å². The zero-order valence-electron chi connectivity index (χ0n) is 11.3. The fourth-order valence-corrected chi connectivity index (χ4v) is 1.65. The summed E-state index contributed by atoms with van der Waals surface area (Å²) in [5, 5.41) is 3.21. The number of hydrogen-bond donors (Lipinski definition) is 3. The van der Waals surface area contributed by atoms with Crippen LogP contribution >= 0.6 is 24.8 Å². The Hall–Kier alpha value is -0.520. The molecule has 0 saturated carbocycles. The number of nitrogens with two attached hydrogens (primary N) is 2. The van der Waals surface area contributed by atoms with Crippen molar-refractivity contribution in [2.75, 3.05) is 26.2 Å². The van der Waals surface area contributed by atoms with Crippen molar-refractivity contribution in [2.45, 2.75) is 19.4 Å². The second kappa shape index (κ2) is 12.5. The predicted molar refractivity (Wildman–Crippen MR) is 85.7 cm³/mol. The fourth-order valence-electron chi connectivity index (χ4n) is 1.65. The molecule has 0 saturated heterocycles. The highest BCUT2D eigenvalue weighted by molar-refractivity contribution is 5.85. The molecule has 0 radical (unpaired) electrons. The molecule has 19 heavy (non-hydrogen) atoms. The van der Waals surface area contributed by atoms with E-state index in [-0.39, 0.29) is 30.9 Å². The third kappa shape index (κ3) is 9.08. The summed E-state index contributed by atoms with van der Waals surface area (Å²) in [5.41, 5.74) is 12.6. The van der Waals surface area contributed by atoms with Crippen molar-refractivity contribution >= 4 is 24.8 Å². The standard InChI is InChI=1S/C13H23N3O.2ClH/c1-2-17-13-5-3-11(4-6-13)9-12(15)10-16-8-7-14;;/h3-6,12,16H,2,7-10,14-15H2,1H3;2*1H/t12-;;/m0../s1. The Labute approximate surface area is 128 Å². The van der Waals surface area contributed by atoms with Crippen LogP contribution in [0.15, 0.2) is 24.3 Å². The summed E-state index contributed by atoms with van der Waals surface area (Å²) in [7, 11) is 0. The third-order valence-electron chi connectivity index (χ3n) is 2.46. The maximum absolute atomic E-state index is 6.01. The molecule has 5 N–H and O–H groups in total. The van der Waals surface area contributed by atoms with Gasteiger partial charge in [-0.15, -0.1) is 24.8 Å². The molecule has 4 nitrogen and oxygen atoms in total. The molecule has 112 valence electrons. The van der Waals surface area contributed by atoms with E-state index in [0.29, 0.717) is 13.2 Å². The number of hydrogen-bond acceptors (Lipinski definition) is 4. The molecule has 1 aromatic carbocycles. The Morgan fingerprint density at radius 3 is 2.37 bits per heavy atom. The van der Waals surface area contributed by atoms with Gasteiger partial charge in [-0.2, -0.15) is 0 Å². The van der Waals surface area contributed by atoms with Gasteiger partial charge in [0, 0.05) is 25.7 Å². The van der Waals surface area contributed by atoms with E-state index in [1.807, 2.05) is 19.1 Å². The molecule has 0 bridgehead atoms. The molecule has 0 aliphatic carbocycles. The van der Waals surface area contributed by atoms with Gasteiger partial charge in [0.25, 0.3) is 0 Å². The first kappa shape index (κ1) is 20.8. The van der Waals surface area contributed by atoms with Crippen LogP contribution in [0, 0.1) is 0 Å². The highest BCUT2D eigenvalue weighted by Crippen LogP contribution is 2.12. The van der Waals surface area contributed by atoms with E-state index in [2.05, 4.69) is 17.4 Å². The lowest BCUT2D eigenvalue weighted by Crippen LogP contribution is -2.37. The summed E-state index contributed by atoms with van der Waals surface area (Å²) >= 11 is 0. The van der Waals surface area contributed by atoms with E-state index in [0.717, 1.165) is 25.3 Å². The molecular weight excluding hydrogens is 285 g/mol. The van der Waals surface area contributed by atoms with Crippen LogP contribution in [0.3, 0.4) is 0 Å². The summed E-state index contributed by atoms with van der Waals surface area (Å²) in [6.45, 7) is 4.94. The average molecular weight is 310 g/mol. The topological polar surface area (TPSA) is 73.3 Å². The van der Waals surface area contributed by atoms with Crippen molar-refractivity contribution in [2.24, 2.45) is 11.5 Å². The van der Waals surface area contributed by atoms with E-state index in [9.17, 15) is 0 Å². The maximum atomic E-state index is 6.01. The first-order valence-corrected chi connectivity index (χ1v) is 6.14. The lowest BCUT2D eigenvalue weighted by atomic mass is 10.1. The maximum Gasteiger partial charge on any atom is 0.119 e. The van der Waals surface area contributed by atoms with Crippen LogP contribution in [0.2, 0.25) is 0 Å². The van der Waals surface area contributed by atoms with Gasteiger partial charge in [0.05, 0.1) is 6.61 Å². The lowest BCUT2D eigenvalue weighted by Gasteiger charge is -2.12. The molecule has 0 unspecified atom stereocenters. The first-order valence-electron chi connectivity index (χ1n) is 6.14. The van der Waals surface area contributed by atoms with Crippen LogP contribution < -0.4 is 21.5 Å². The molecule has 1 atom stereocenters. The Morgan fingerprint density at radius 1 is 1.21 bits per heavy atom. The van der Waals surface area contributed by atoms with Crippen LogP contribution in [0.5, 0.6) is 5.75 Å². The number of benzene rings is 1. The zero-order valence-corrected chi connectivity index (χ0v) is 12.9. The Kier molecular flexibility index (Phi) is 13.7. The first-order chi connectivity index (χ1) is 8.26. The molecule has 1 aromatic rings. The summed E-state index contributed by atoms with van der Waals surface area (Å²) in [6, 6.07) is 8.22. The van der Waals surface area contributed by atoms with E-state index in [1.54, 1.807) is 0 Å². The van der Waals surface area contributed by atoms with Crippen LogP contribution in [0.1, 0.15) is 12.5 Å². The van der Waals surface area contributed by atoms with Gasteiger partial charge < -0.3 is 21.5 Å². The monoisotopic (exact) mass is 309 g/mol. The van der Waals surface area contributed by atoms with Gasteiger partial charge in [-0.25, -0.2) is 0 Å². The Bertz CT molecular complexity index is 309. The van der Waals surface area contributed by atoms with Crippen molar-refractivity contribution in [3.8, 4) is 5.75 Å². The third-order valence-corrected chi connectivity index (χ3v) is 2.46. The molecule has 0 amide bonds. The molecule has 0 heterocycles.